The van der Waals surface area contributed by atoms with Gasteiger partial charge in [0.2, 0.25) is 0 Å². The number of aromatic nitrogens is 3. The maximum Gasteiger partial charge on any atom is 0.348 e. The zero-order valence-electron chi connectivity index (χ0n) is 7.85. The minimum atomic E-state index is -3.03. The van der Waals surface area contributed by atoms with Crippen LogP contribution in [0.15, 0.2) is 43.0 Å². The summed E-state index contributed by atoms with van der Waals surface area (Å²) in [5, 5.41) is 3.44. The van der Waals surface area contributed by atoms with Gasteiger partial charge in [-0.1, -0.05) is 30.3 Å². The first-order valence-corrected chi connectivity index (χ1v) is 4.45. The lowest BCUT2D eigenvalue weighted by atomic mass is 10.1. The fourth-order valence-electron chi connectivity index (χ4n) is 1.30. The predicted octanol–water partition coefficient (Wildman–Crippen LogP) is 2.07. The van der Waals surface area contributed by atoms with Crippen molar-refractivity contribution >= 4 is 0 Å². The molecule has 0 bridgehead atoms. The lowest BCUT2D eigenvalue weighted by molar-refractivity contribution is -0.0915. The number of alkyl halides is 2. The molecule has 2 aromatic rings. The normalized spacial score (nSPS) is 11.6. The molecule has 0 aliphatic carbocycles. The summed E-state index contributed by atoms with van der Waals surface area (Å²) in [6.45, 7) is 0. The van der Waals surface area contributed by atoms with Gasteiger partial charge in [0.1, 0.15) is 12.7 Å². The van der Waals surface area contributed by atoms with Crippen LogP contribution >= 0.6 is 0 Å². The Balaban J connectivity index is 2.18. The van der Waals surface area contributed by atoms with E-state index in [1.54, 1.807) is 30.3 Å². The molecule has 0 spiro atoms. The second-order valence-electron chi connectivity index (χ2n) is 3.17. The molecule has 0 amide bonds. The fourth-order valence-corrected chi connectivity index (χ4v) is 1.30. The number of rotatable bonds is 3. The lowest BCUT2D eigenvalue weighted by Crippen LogP contribution is -2.26. The van der Waals surface area contributed by atoms with Crippen molar-refractivity contribution in [2.75, 3.05) is 0 Å². The van der Waals surface area contributed by atoms with Crippen LogP contribution in [0, 0.1) is 0 Å². The maximum absolute atomic E-state index is 13.5. The van der Waals surface area contributed by atoms with Gasteiger partial charge in [-0.3, -0.25) is 0 Å². The number of hydrogen-bond acceptors (Lipinski definition) is 2. The lowest BCUT2D eigenvalue weighted by Gasteiger charge is -2.15. The zero-order valence-corrected chi connectivity index (χ0v) is 7.85. The van der Waals surface area contributed by atoms with Gasteiger partial charge in [0.05, 0.1) is 6.42 Å². The third-order valence-electron chi connectivity index (χ3n) is 2.01. The summed E-state index contributed by atoms with van der Waals surface area (Å²) < 4.78 is 27.6. The molecular formula is C10H9F2N3. The molecule has 0 N–H and O–H groups in total. The summed E-state index contributed by atoms with van der Waals surface area (Å²) in [6, 6.07) is 5.53. The summed E-state index contributed by atoms with van der Waals surface area (Å²) in [6.07, 6.45) is 1.74. The molecular weight excluding hydrogens is 200 g/mol. The van der Waals surface area contributed by atoms with E-state index >= 15 is 0 Å². The van der Waals surface area contributed by atoms with Gasteiger partial charge in [-0.15, -0.1) is 0 Å². The largest absolute Gasteiger partial charge is 0.348 e. The Morgan fingerprint density at radius 1 is 1.20 bits per heavy atom. The predicted molar refractivity (Wildman–Crippen MR) is 50.4 cm³/mol. The SMILES string of the molecule is FC(F)(Cc1ccccc1)n1cncn1. The topological polar surface area (TPSA) is 30.7 Å². The van der Waals surface area contributed by atoms with Crippen LogP contribution in [0.2, 0.25) is 0 Å². The van der Waals surface area contributed by atoms with E-state index in [-0.39, 0.29) is 6.42 Å². The molecule has 0 aliphatic rings. The smallest absolute Gasteiger partial charge is 0.223 e. The molecule has 5 heteroatoms. The van der Waals surface area contributed by atoms with Crippen molar-refractivity contribution in [2.45, 2.75) is 12.5 Å². The molecule has 0 unspecified atom stereocenters. The molecule has 0 radical (unpaired) electrons. The second kappa shape index (κ2) is 3.76. The zero-order chi connectivity index (χ0) is 10.7. The molecule has 1 aromatic carbocycles. The highest BCUT2D eigenvalue weighted by atomic mass is 19.3. The molecule has 0 saturated carbocycles. The van der Waals surface area contributed by atoms with E-state index in [4.69, 9.17) is 0 Å². The number of nitrogens with zero attached hydrogens (tertiary/aromatic N) is 3. The van der Waals surface area contributed by atoms with E-state index in [9.17, 15) is 8.78 Å². The van der Waals surface area contributed by atoms with Crippen LogP contribution in [-0.2, 0) is 12.5 Å². The van der Waals surface area contributed by atoms with Crippen molar-refractivity contribution in [1.29, 1.82) is 0 Å². The summed E-state index contributed by atoms with van der Waals surface area (Å²) in [5.74, 6) is 0. The van der Waals surface area contributed by atoms with Gasteiger partial charge in [-0.05, 0) is 5.56 Å². The molecule has 0 atom stereocenters. The Morgan fingerprint density at radius 3 is 2.53 bits per heavy atom. The Kier molecular flexibility index (Phi) is 2.45. The molecule has 15 heavy (non-hydrogen) atoms. The first kappa shape index (κ1) is 9.76. The van der Waals surface area contributed by atoms with Crippen molar-refractivity contribution in [3.63, 3.8) is 0 Å². The van der Waals surface area contributed by atoms with Gasteiger partial charge in [0, 0.05) is 0 Å². The van der Waals surface area contributed by atoms with E-state index in [0.717, 1.165) is 12.7 Å². The van der Waals surface area contributed by atoms with Gasteiger partial charge in [0.15, 0.2) is 0 Å². The first-order valence-electron chi connectivity index (χ1n) is 4.45. The highest BCUT2D eigenvalue weighted by Gasteiger charge is 2.32. The highest BCUT2D eigenvalue weighted by Crippen LogP contribution is 2.24. The van der Waals surface area contributed by atoms with Crippen LogP contribution in [-0.4, -0.2) is 14.8 Å². The second-order valence-corrected chi connectivity index (χ2v) is 3.17. The molecule has 2 rings (SSSR count). The summed E-state index contributed by atoms with van der Waals surface area (Å²) >= 11 is 0. The van der Waals surface area contributed by atoms with Crippen LogP contribution in [0.5, 0.6) is 0 Å². The molecule has 0 fully saturated rings. The number of hydrogen-bond donors (Lipinski definition) is 0. The van der Waals surface area contributed by atoms with Crippen LogP contribution in [0.4, 0.5) is 8.78 Å². The molecule has 0 saturated heterocycles. The average Bonchev–Trinajstić information content (AvgIpc) is 2.71. The third-order valence-corrected chi connectivity index (χ3v) is 2.01. The van der Waals surface area contributed by atoms with E-state index < -0.39 is 6.05 Å². The fraction of sp³-hybridized carbons (Fsp3) is 0.200. The minimum absolute atomic E-state index is 0.378. The van der Waals surface area contributed by atoms with Gasteiger partial charge < -0.3 is 0 Å². The van der Waals surface area contributed by atoms with Crippen LogP contribution in [0.3, 0.4) is 0 Å². The third kappa shape index (κ3) is 2.18. The minimum Gasteiger partial charge on any atom is -0.223 e. The van der Waals surface area contributed by atoms with Crippen molar-refractivity contribution in [3.8, 4) is 0 Å². The molecule has 1 heterocycles. The number of halogens is 2. The van der Waals surface area contributed by atoms with E-state index in [1.807, 2.05) is 0 Å². The van der Waals surface area contributed by atoms with Crippen LogP contribution in [0.1, 0.15) is 5.56 Å². The Bertz CT molecular complexity index is 411. The van der Waals surface area contributed by atoms with Crippen molar-refractivity contribution in [3.05, 3.63) is 48.5 Å². The van der Waals surface area contributed by atoms with E-state index in [2.05, 4.69) is 10.1 Å². The maximum atomic E-state index is 13.5. The summed E-state index contributed by atoms with van der Waals surface area (Å²) in [7, 11) is 0. The van der Waals surface area contributed by atoms with Gasteiger partial charge in [-0.2, -0.15) is 18.6 Å². The number of benzene rings is 1. The van der Waals surface area contributed by atoms with E-state index in [1.165, 1.54) is 0 Å². The average molecular weight is 209 g/mol. The molecule has 0 aliphatic heterocycles. The van der Waals surface area contributed by atoms with Gasteiger partial charge in [-0.25, -0.2) is 4.98 Å². The standard InChI is InChI=1S/C10H9F2N3/c11-10(12,15-8-13-7-14-15)6-9-4-2-1-3-5-9/h1-5,7-8H,6H2. The van der Waals surface area contributed by atoms with Gasteiger partial charge in [0.25, 0.3) is 0 Å². The first-order chi connectivity index (χ1) is 7.18. The summed E-state index contributed by atoms with van der Waals surface area (Å²) in [5.41, 5.74) is 0.568. The molecule has 78 valence electrons. The van der Waals surface area contributed by atoms with Gasteiger partial charge >= 0.3 is 6.05 Å². The van der Waals surface area contributed by atoms with Crippen molar-refractivity contribution in [1.82, 2.24) is 14.8 Å². The highest BCUT2D eigenvalue weighted by molar-refractivity contribution is 5.15. The molecule has 1 aromatic heterocycles. The molecule has 3 nitrogen and oxygen atoms in total. The van der Waals surface area contributed by atoms with E-state index in [0.29, 0.717) is 10.2 Å². The summed E-state index contributed by atoms with van der Waals surface area (Å²) in [4.78, 5) is 3.50. The van der Waals surface area contributed by atoms with Crippen molar-refractivity contribution < 1.29 is 8.78 Å². The van der Waals surface area contributed by atoms with Crippen LogP contribution < -0.4 is 0 Å². The monoisotopic (exact) mass is 209 g/mol. The Hall–Kier alpha value is -1.78. The Labute approximate surface area is 85.4 Å². The Morgan fingerprint density at radius 2 is 1.93 bits per heavy atom. The van der Waals surface area contributed by atoms with Crippen LogP contribution in [0.25, 0.3) is 0 Å². The quantitative estimate of drug-likeness (QED) is 0.774. The van der Waals surface area contributed by atoms with Crippen molar-refractivity contribution in [2.24, 2.45) is 0 Å².